The summed E-state index contributed by atoms with van der Waals surface area (Å²) < 4.78 is 5.36. The molecule has 4 heteroatoms. The van der Waals surface area contributed by atoms with E-state index in [9.17, 15) is 0 Å². The Morgan fingerprint density at radius 1 is 1.33 bits per heavy atom. The first-order chi connectivity index (χ1) is 8.79. The van der Waals surface area contributed by atoms with Gasteiger partial charge in [0.2, 0.25) is 5.89 Å². The molecule has 0 aliphatic heterocycles. The van der Waals surface area contributed by atoms with Crippen LogP contribution in [0, 0.1) is 6.92 Å². The van der Waals surface area contributed by atoms with E-state index in [4.69, 9.17) is 9.40 Å². The van der Waals surface area contributed by atoms with E-state index in [2.05, 4.69) is 46.0 Å². The number of halogens is 1. The topological polar surface area (TPSA) is 38.9 Å². The Hall–Kier alpha value is -1.68. The molecule has 0 radical (unpaired) electrons. The predicted molar refractivity (Wildman–Crippen MR) is 74.6 cm³/mol. The van der Waals surface area contributed by atoms with Gasteiger partial charge in [-0.15, -0.1) is 0 Å². The van der Waals surface area contributed by atoms with Crippen LogP contribution in [0.1, 0.15) is 11.1 Å². The Labute approximate surface area is 113 Å². The average Bonchev–Trinajstić information content (AvgIpc) is 2.91. The molecule has 0 saturated carbocycles. The molecule has 0 fully saturated rings. The van der Waals surface area contributed by atoms with Gasteiger partial charge in [-0.05, 0) is 24.1 Å². The molecule has 2 heterocycles. The van der Waals surface area contributed by atoms with Crippen molar-refractivity contribution < 1.29 is 4.42 Å². The van der Waals surface area contributed by atoms with Crippen molar-refractivity contribution in [1.82, 2.24) is 9.97 Å². The van der Waals surface area contributed by atoms with Gasteiger partial charge in [0.1, 0.15) is 12.0 Å². The minimum Gasteiger partial charge on any atom is -0.443 e. The van der Waals surface area contributed by atoms with Crippen LogP contribution in [0.5, 0.6) is 0 Å². The zero-order chi connectivity index (χ0) is 12.5. The van der Waals surface area contributed by atoms with Crippen molar-refractivity contribution >= 4 is 26.8 Å². The molecule has 0 aliphatic rings. The van der Waals surface area contributed by atoms with Gasteiger partial charge in [0.05, 0.1) is 11.7 Å². The number of pyridine rings is 1. The number of hydrogen-bond donors (Lipinski definition) is 0. The molecule has 3 rings (SSSR count). The zero-order valence-corrected chi connectivity index (χ0v) is 11.4. The van der Waals surface area contributed by atoms with Crippen LogP contribution in [-0.2, 0) is 5.33 Å². The monoisotopic (exact) mass is 302 g/mol. The third-order valence-corrected chi connectivity index (χ3v) is 3.51. The van der Waals surface area contributed by atoms with Crippen molar-refractivity contribution in [2.45, 2.75) is 12.3 Å². The normalized spacial score (nSPS) is 11.0. The van der Waals surface area contributed by atoms with Crippen LogP contribution < -0.4 is 0 Å². The first kappa shape index (κ1) is 11.4. The molecular formula is C14H11BrN2O. The lowest BCUT2D eigenvalue weighted by atomic mass is 10.1. The van der Waals surface area contributed by atoms with E-state index in [-0.39, 0.29) is 0 Å². The number of rotatable bonds is 2. The lowest BCUT2D eigenvalue weighted by Gasteiger charge is -2.07. The molecular weight excluding hydrogens is 292 g/mol. The summed E-state index contributed by atoms with van der Waals surface area (Å²) in [5.41, 5.74) is 4.03. The first-order valence-corrected chi connectivity index (χ1v) is 6.77. The van der Waals surface area contributed by atoms with Crippen molar-refractivity contribution in [2.75, 3.05) is 0 Å². The standard InChI is InChI=1S/C14H11BrN2O/c1-9-3-2-4-10-7-11(8-15)13(17-12(9)10)14-16-5-6-18-14/h2-7H,8H2,1H3. The molecule has 1 aromatic carbocycles. The number of aromatic nitrogens is 2. The van der Waals surface area contributed by atoms with E-state index in [1.54, 1.807) is 12.5 Å². The van der Waals surface area contributed by atoms with Crippen LogP contribution in [0.15, 0.2) is 41.1 Å². The number of hydrogen-bond acceptors (Lipinski definition) is 3. The summed E-state index contributed by atoms with van der Waals surface area (Å²) in [7, 11) is 0. The fourth-order valence-electron chi connectivity index (χ4n) is 2.02. The maximum absolute atomic E-state index is 5.36. The molecule has 3 nitrogen and oxygen atoms in total. The van der Waals surface area contributed by atoms with Gasteiger partial charge in [-0.2, -0.15) is 0 Å². The minimum atomic E-state index is 0.564. The van der Waals surface area contributed by atoms with Gasteiger partial charge in [0, 0.05) is 10.7 Å². The third kappa shape index (κ3) is 1.82. The SMILES string of the molecule is Cc1cccc2cc(CBr)c(-c3ncco3)nc12. The number of para-hydroxylation sites is 1. The van der Waals surface area contributed by atoms with Gasteiger partial charge in [0.25, 0.3) is 0 Å². The lowest BCUT2D eigenvalue weighted by molar-refractivity contribution is 0.572. The van der Waals surface area contributed by atoms with Gasteiger partial charge in [-0.25, -0.2) is 9.97 Å². The Kier molecular flexibility index (Phi) is 2.88. The second-order valence-electron chi connectivity index (χ2n) is 4.11. The Balaban J connectivity index is 2.33. The molecule has 0 unspecified atom stereocenters. The molecule has 0 N–H and O–H groups in total. The van der Waals surface area contributed by atoms with E-state index in [0.717, 1.165) is 33.1 Å². The molecule has 0 amide bonds. The highest BCUT2D eigenvalue weighted by atomic mass is 79.9. The molecule has 2 aromatic heterocycles. The quantitative estimate of drug-likeness (QED) is 0.669. The van der Waals surface area contributed by atoms with E-state index >= 15 is 0 Å². The first-order valence-electron chi connectivity index (χ1n) is 5.64. The number of benzene rings is 1. The van der Waals surface area contributed by atoms with Crippen LogP contribution in [0.3, 0.4) is 0 Å². The van der Waals surface area contributed by atoms with E-state index in [1.165, 1.54) is 0 Å². The number of alkyl halides is 1. The maximum atomic E-state index is 5.36. The fraction of sp³-hybridized carbons (Fsp3) is 0.143. The summed E-state index contributed by atoms with van der Waals surface area (Å²) in [6.07, 6.45) is 3.20. The second-order valence-corrected chi connectivity index (χ2v) is 4.67. The molecule has 0 spiro atoms. The molecule has 3 aromatic rings. The van der Waals surface area contributed by atoms with E-state index < -0.39 is 0 Å². The average molecular weight is 303 g/mol. The zero-order valence-electron chi connectivity index (χ0n) is 9.85. The molecule has 0 atom stereocenters. The fourth-order valence-corrected chi connectivity index (χ4v) is 2.45. The maximum Gasteiger partial charge on any atom is 0.245 e. The summed E-state index contributed by atoms with van der Waals surface area (Å²) in [5.74, 6) is 0.564. The van der Waals surface area contributed by atoms with Crippen molar-refractivity contribution in [3.8, 4) is 11.6 Å². The number of oxazole rings is 1. The minimum absolute atomic E-state index is 0.564. The Morgan fingerprint density at radius 2 is 2.22 bits per heavy atom. The summed E-state index contributed by atoms with van der Waals surface area (Å²) in [4.78, 5) is 8.88. The van der Waals surface area contributed by atoms with Gasteiger partial charge in [0.15, 0.2) is 0 Å². The van der Waals surface area contributed by atoms with Crippen LogP contribution >= 0.6 is 15.9 Å². The molecule has 90 valence electrons. The van der Waals surface area contributed by atoms with Crippen LogP contribution in [0.25, 0.3) is 22.5 Å². The highest BCUT2D eigenvalue weighted by Gasteiger charge is 2.12. The Bertz CT molecular complexity index is 692. The molecule has 0 bridgehead atoms. The van der Waals surface area contributed by atoms with E-state index in [0.29, 0.717) is 5.89 Å². The van der Waals surface area contributed by atoms with Gasteiger partial charge < -0.3 is 4.42 Å². The largest absolute Gasteiger partial charge is 0.443 e. The van der Waals surface area contributed by atoms with Gasteiger partial charge in [-0.1, -0.05) is 34.1 Å². The third-order valence-electron chi connectivity index (χ3n) is 2.91. The number of aryl methyl sites for hydroxylation is 1. The summed E-state index contributed by atoms with van der Waals surface area (Å²) in [6, 6.07) is 8.30. The van der Waals surface area contributed by atoms with Crippen LogP contribution in [-0.4, -0.2) is 9.97 Å². The second kappa shape index (κ2) is 4.53. The van der Waals surface area contributed by atoms with Crippen molar-refractivity contribution in [1.29, 1.82) is 0 Å². The predicted octanol–water partition coefficient (Wildman–Crippen LogP) is 4.09. The summed E-state index contributed by atoms with van der Waals surface area (Å²) >= 11 is 3.49. The molecule has 18 heavy (non-hydrogen) atoms. The summed E-state index contributed by atoms with van der Waals surface area (Å²) in [5, 5.41) is 1.86. The molecule has 0 saturated heterocycles. The Morgan fingerprint density at radius 3 is 2.94 bits per heavy atom. The smallest absolute Gasteiger partial charge is 0.245 e. The van der Waals surface area contributed by atoms with Crippen LogP contribution in [0.2, 0.25) is 0 Å². The van der Waals surface area contributed by atoms with Crippen LogP contribution in [0.4, 0.5) is 0 Å². The lowest BCUT2D eigenvalue weighted by Crippen LogP contribution is -1.94. The van der Waals surface area contributed by atoms with Gasteiger partial charge in [-0.3, -0.25) is 0 Å². The van der Waals surface area contributed by atoms with Gasteiger partial charge >= 0.3 is 0 Å². The van der Waals surface area contributed by atoms with Crippen molar-refractivity contribution in [2.24, 2.45) is 0 Å². The van der Waals surface area contributed by atoms with Crippen molar-refractivity contribution in [3.05, 3.63) is 47.9 Å². The number of fused-ring (bicyclic) bond motifs is 1. The molecule has 0 aliphatic carbocycles. The van der Waals surface area contributed by atoms with E-state index in [1.807, 2.05) is 6.07 Å². The highest BCUT2D eigenvalue weighted by Crippen LogP contribution is 2.27. The summed E-state index contributed by atoms with van der Waals surface area (Å²) in [6.45, 7) is 2.06. The van der Waals surface area contributed by atoms with Crippen molar-refractivity contribution in [3.63, 3.8) is 0 Å². The highest BCUT2D eigenvalue weighted by molar-refractivity contribution is 9.08. The number of nitrogens with zero attached hydrogens (tertiary/aromatic N) is 2.